The fourth-order valence-corrected chi connectivity index (χ4v) is 8.59. The SMILES string of the molecule is N#Cc1c(N)sc2c(F)ccc(-c3c(F)c4c5c(c3Cl)=NCN(C#CC3CC3)C=5N(CC(F)F)C=C(OC[C@@]35CCCN3C[C@H](F)C5)O4)c12. The standard InChI is InChI=1S/C34H28ClF5N6O2S/c35-27-25(19-4-5-21(37)31-24(19)20(11-41)32(42)49-31)28(40)30-26-29(27)43-16-44(9-6-17-2-3-17)33(26)45(13-22(38)39)14-23(48-30)47-15-34-7-1-8-46(34)12-18(36)10-34/h4-5,14,17-18,22H,1-3,7-8,10,12-13,15-16,42H2/t18-,34+/m1/s1. The van der Waals surface area contributed by atoms with Crippen molar-refractivity contribution in [3.8, 4) is 34.9 Å². The van der Waals surface area contributed by atoms with Crippen LogP contribution in [0.5, 0.6) is 5.75 Å². The molecule has 49 heavy (non-hydrogen) atoms. The van der Waals surface area contributed by atoms with Gasteiger partial charge in [-0.05, 0) is 43.9 Å². The van der Waals surface area contributed by atoms with Crippen molar-refractivity contribution < 1.29 is 31.4 Å². The van der Waals surface area contributed by atoms with E-state index in [4.69, 9.17) is 26.8 Å². The van der Waals surface area contributed by atoms with Crippen LogP contribution in [0, 0.1) is 40.8 Å². The normalized spacial score (nSPS) is 22.9. The lowest BCUT2D eigenvalue weighted by Gasteiger charge is -2.32. The van der Waals surface area contributed by atoms with Gasteiger partial charge in [-0.25, -0.2) is 22.0 Å². The number of benzene rings is 2. The maximum Gasteiger partial charge on any atom is 0.302 e. The summed E-state index contributed by atoms with van der Waals surface area (Å²) in [5.74, 6) is 0.939. The molecule has 0 radical (unpaired) electrons. The summed E-state index contributed by atoms with van der Waals surface area (Å²) in [6.45, 7) is -0.00660. The summed E-state index contributed by atoms with van der Waals surface area (Å²) >= 11 is 7.80. The minimum Gasteiger partial charge on any atom is -0.462 e. The monoisotopic (exact) mass is 714 g/mol. The van der Waals surface area contributed by atoms with Crippen LogP contribution in [-0.2, 0) is 4.74 Å². The van der Waals surface area contributed by atoms with Gasteiger partial charge in [-0.15, -0.1) is 11.3 Å². The van der Waals surface area contributed by atoms with E-state index < -0.39 is 42.1 Å². The lowest BCUT2D eigenvalue weighted by molar-refractivity contribution is 0.0246. The highest BCUT2D eigenvalue weighted by molar-refractivity contribution is 7.23. The number of halogens is 6. The number of thiophene rings is 1. The number of nitrogen functional groups attached to an aromatic ring is 1. The van der Waals surface area contributed by atoms with Crippen molar-refractivity contribution in [2.75, 3.05) is 38.6 Å². The topological polar surface area (TPSA) is 90.3 Å². The van der Waals surface area contributed by atoms with E-state index in [1.165, 1.54) is 22.1 Å². The average Bonchev–Trinajstić information content (AvgIpc) is 3.65. The van der Waals surface area contributed by atoms with Gasteiger partial charge in [-0.3, -0.25) is 14.8 Å². The van der Waals surface area contributed by atoms with Crippen molar-refractivity contribution >= 4 is 43.8 Å². The number of nitrogens with zero attached hydrogens (tertiary/aromatic N) is 5. The van der Waals surface area contributed by atoms with E-state index in [9.17, 15) is 22.8 Å². The quantitative estimate of drug-likeness (QED) is 0.262. The lowest BCUT2D eigenvalue weighted by Crippen LogP contribution is -2.46. The maximum absolute atomic E-state index is 17.3. The van der Waals surface area contributed by atoms with E-state index in [0.29, 0.717) is 13.0 Å². The summed E-state index contributed by atoms with van der Waals surface area (Å²) in [6.07, 6.45) is 0.917. The summed E-state index contributed by atoms with van der Waals surface area (Å²) in [5.41, 5.74) is 5.22. The zero-order chi connectivity index (χ0) is 34.2. The molecule has 5 heterocycles. The number of nitrogens with two attached hydrogens (primary N) is 1. The predicted octanol–water partition coefficient (Wildman–Crippen LogP) is 5.63. The Labute approximate surface area is 286 Å². The van der Waals surface area contributed by atoms with Gasteiger partial charge in [0, 0.05) is 35.9 Å². The predicted molar refractivity (Wildman–Crippen MR) is 173 cm³/mol. The molecule has 3 fully saturated rings. The molecule has 4 aliphatic heterocycles. The van der Waals surface area contributed by atoms with Gasteiger partial charge in [0.05, 0.1) is 44.1 Å². The third-order valence-electron chi connectivity index (χ3n) is 9.65. The molecule has 3 aromatic rings. The number of hydrogen-bond donors (Lipinski definition) is 1. The molecule has 0 unspecified atom stereocenters. The molecule has 5 aliphatic rings. The number of fused-ring (bicyclic) bond motifs is 2. The van der Waals surface area contributed by atoms with Crippen LogP contribution in [0.15, 0.2) is 29.3 Å². The minimum atomic E-state index is -2.83. The highest BCUT2D eigenvalue weighted by Crippen LogP contribution is 2.45. The summed E-state index contributed by atoms with van der Waals surface area (Å²) in [7, 11) is 0. The van der Waals surface area contributed by atoms with Crippen LogP contribution in [0.3, 0.4) is 0 Å². The number of alkyl halides is 3. The molecule has 0 spiro atoms. The first-order valence-electron chi connectivity index (χ1n) is 15.8. The summed E-state index contributed by atoms with van der Waals surface area (Å²) in [6, 6.07) is 7.41. The fourth-order valence-electron chi connectivity index (χ4n) is 7.30. The van der Waals surface area contributed by atoms with Crippen LogP contribution in [0.25, 0.3) is 27.0 Å². The molecular weight excluding hydrogens is 687 g/mol. The molecule has 1 aliphatic carbocycles. The van der Waals surface area contributed by atoms with Gasteiger partial charge >= 0.3 is 5.95 Å². The van der Waals surface area contributed by atoms with Gasteiger partial charge in [-0.1, -0.05) is 23.6 Å². The molecule has 15 heteroatoms. The number of hydrogen-bond acceptors (Lipinski definition) is 9. The first kappa shape index (κ1) is 32.0. The van der Waals surface area contributed by atoms with Crippen molar-refractivity contribution in [2.45, 2.75) is 50.2 Å². The number of anilines is 1. The van der Waals surface area contributed by atoms with Crippen molar-refractivity contribution in [1.29, 1.82) is 5.26 Å². The lowest BCUT2D eigenvalue weighted by atomic mass is 9.95. The molecule has 2 atom stereocenters. The van der Waals surface area contributed by atoms with Crippen LogP contribution in [-0.4, -0.2) is 65.7 Å². The van der Waals surface area contributed by atoms with E-state index in [2.05, 4.69) is 17.0 Å². The largest absolute Gasteiger partial charge is 0.462 e. The van der Waals surface area contributed by atoms with Gasteiger partial charge in [0.25, 0.3) is 6.43 Å². The average molecular weight is 715 g/mol. The molecule has 8 nitrogen and oxygen atoms in total. The van der Waals surface area contributed by atoms with E-state index in [1.807, 2.05) is 11.0 Å². The highest BCUT2D eigenvalue weighted by Gasteiger charge is 2.49. The third-order valence-corrected chi connectivity index (χ3v) is 11.0. The van der Waals surface area contributed by atoms with Crippen LogP contribution >= 0.6 is 22.9 Å². The van der Waals surface area contributed by atoms with E-state index in [-0.39, 0.29) is 91.3 Å². The second-order valence-electron chi connectivity index (χ2n) is 12.8. The molecule has 1 aromatic heterocycles. The first-order chi connectivity index (χ1) is 23.6. The summed E-state index contributed by atoms with van der Waals surface area (Å²) in [4.78, 5) is 9.29. The van der Waals surface area contributed by atoms with Crippen molar-refractivity contribution in [2.24, 2.45) is 10.9 Å². The molecule has 0 bridgehead atoms. The molecule has 2 saturated heterocycles. The molecule has 2 N–H and O–H groups in total. The number of nitriles is 1. The maximum atomic E-state index is 17.3. The Morgan fingerprint density at radius 3 is 2.84 bits per heavy atom. The molecular formula is C34H28ClF5N6O2S. The zero-order valence-electron chi connectivity index (χ0n) is 25.8. The molecule has 254 valence electrons. The first-order valence-corrected chi connectivity index (χ1v) is 17.0. The van der Waals surface area contributed by atoms with Gasteiger partial charge in [0.15, 0.2) is 11.6 Å². The Bertz CT molecular complexity index is 2170. The fraction of sp³-hybridized carbons (Fsp3) is 0.412. The summed E-state index contributed by atoms with van der Waals surface area (Å²) in [5, 5.41) is 9.84. The number of ether oxygens (including phenoxy) is 2. The van der Waals surface area contributed by atoms with Crippen LogP contribution in [0.1, 0.15) is 37.7 Å². The Kier molecular flexibility index (Phi) is 7.82. The minimum absolute atomic E-state index is 0.0186. The summed E-state index contributed by atoms with van der Waals surface area (Å²) < 4.78 is 87.6. The van der Waals surface area contributed by atoms with Crippen molar-refractivity contribution in [1.82, 2.24) is 14.7 Å². The zero-order valence-corrected chi connectivity index (χ0v) is 27.4. The highest BCUT2D eigenvalue weighted by atomic mass is 35.5. The Balaban J connectivity index is 1.35. The van der Waals surface area contributed by atoms with Crippen LogP contribution in [0.4, 0.5) is 27.0 Å². The van der Waals surface area contributed by atoms with Crippen molar-refractivity contribution in [3.63, 3.8) is 0 Å². The van der Waals surface area contributed by atoms with E-state index in [0.717, 1.165) is 36.7 Å². The van der Waals surface area contributed by atoms with Crippen LogP contribution in [0.2, 0.25) is 5.02 Å². The van der Waals surface area contributed by atoms with Crippen molar-refractivity contribution in [3.05, 3.63) is 57.1 Å². The Morgan fingerprint density at radius 2 is 2.08 bits per heavy atom. The van der Waals surface area contributed by atoms with Gasteiger partial charge in [0.2, 0.25) is 0 Å². The van der Waals surface area contributed by atoms with Gasteiger partial charge in [0.1, 0.15) is 42.2 Å². The molecule has 8 rings (SSSR count). The van der Waals surface area contributed by atoms with E-state index >= 15 is 4.39 Å². The third kappa shape index (κ3) is 5.32. The van der Waals surface area contributed by atoms with Crippen LogP contribution < -0.4 is 21.0 Å². The van der Waals surface area contributed by atoms with E-state index in [1.54, 1.807) is 0 Å². The Hall–Kier alpha value is -4.24. The van der Waals surface area contributed by atoms with Gasteiger partial charge < -0.3 is 20.1 Å². The van der Waals surface area contributed by atoms with Gasteiger partial charge in [-0.2, -0.15) is 5.26 Å². The molecule has 2 aromatic carbocycles. The second-order valence-corrected chi connectivity index (χ2v) is 14.3. The Morgan fingerprint density at radius 1 is 1.27 bits per heavy atom. The second kappa shape index (κ2) is 12.0. The number of rotatable bonds is 6. The molecule has 0 amide bonds. The smallest absolute Gasteiger partial charge is 0.302 e. The molecule has 1 saturated carbocycles.